The standard InChI is InChI=1S/C11H12BrFO2/c1-6(3-11(14)15)8-4-9(12)7(2)10(13)5-8/h4-6H,3H2,1-2H3,(H,14,15). The monoisotopic (exact) mass is 274 g/mol. The van der Waals surface area contributed by atoms with Gasteiger partial charge >= 0.3 is 5.97 Å². The molecule has 0 heterocycles. The smallest absolute Gasteiger partial charge is 0.303 e. The first-order chi connectivity index (χ1) is 6.91. The van der Waals surface area contributed by atoms with Crippen LogP contribution in [0.1, 0.15) is 30.4 Å². The number of rotatable bonds is 3. The van der Waals surface area contributed by atoms with Crippen LogP contribution < -0.4 is 0 Å². The van der Waals surface area contributed by atoms with E-state index in [1.807, 2.05) is 0 Å². The fourth-order valence-electron chi connectivity index (χ4n) is 1.33. The van der Waals surface area contributed by atoms with Gasteiger partial charge in [0.2, 0.25) is 0 Å². The average Bonchev–Trinajstić information content (AvgIpc) is 2.12. The highest BCUT2D eigenvalue weighted by molar-refractivity contribution is 9.10. The van der Waals surface area contributed by atoms with Gasteiger partial charge in [0.15, 0.2) is 0 Å². The maximum Gasteiger partial charge on any atom is 0.303 e. The third-order valence-electron chi connectivity index (χ3n) is 2.35. The molecule has 0 amide bonds. The second-order valence-corrected chi connectivity index (χ2v) is 4.46. The molecule has 0 spiro atoms. The van der Waals surface area contributed by atoms with Crippen LogP contribution in [0.25, 0.3) is 0 Å². The van der Waals surface area contributed by atoms with E-state index in [1.165, 1.54) is 6.07 Å². The molecule has 0 radical (unpaired) electrons. The third kappa shape index (κ3) is 3.02. The zero-order valence-electron chi connectivity index (χ0n) is 8.55. The minimum Gasteiger partial charge on any atom is -0.481 e. The predicted molar refractivity (Wildman–Crippen MR) is 59.5 cm³/mol. The molecule has 1 unspecified atom stereocenters. The van der Waals surface area contributed by atoms with E-state index in [0.717, 1.165) is 0 Å². The molecule has 1 atom stereocenters. The van der Waals surface area contributed by atoms with E-state index >= 15 is 0 Å². The lowest BCUT2D eigenvalue weighted by Gasteiger charge is -2.11. The van der Waals surface area contributed by atoms with E-state index in [2.05, 4.69) is 15.9 Å². The van der Waals surface area contributed by atoms with Crippen molar-refractivity contribution in [3.8, 4) is 0 Å². The summed E-state index contributed by atoms with van der Waals surface area (Å²) in [6.45, 7) is 3.44. The molecule has 1 aromatic rings. The van der Waals surface area contributed by atoms with Gasteiger partial charge in [-0.2, -0.15) is 0 Å². The van der Waals surface area contributed by atoms with Crippen molar-refractivity contribution in [3.05, 3.63) is 33.5 Å². The molecule has 82 valence electrons. The Hall–Kier alpha value is -0.900. The Morgan fingerprint density at radius 3 is 2.67 bits per heavy atom. The number of carboxylic acid groups (broad SMARTS) is 1. The molecular weight excluding hydrogens is 263 g/mol. The lowest BCUT2D eigenvalue weighted by atomic mass is 9.97. The third-order valence-corrected chi connectivity index (χ3v) is 3.18. The highest BCUT2D eigenvalue weighted by Gasteiger charge is 2.13. The Bertz CT molecular complexity index is 367. The lowest BCUT2D eigenvalue weighted by molar-refractivity contribution is -0.137. The zero-order chi connectivity index (χ0) is 11.6. The largest absolute Gasteiger partial charge is 0.481 e. The summed E-state index contributed by atoms with van der Waals surface area (Å²) in [5.41, 5.74) is 1.24. The molecular formula is C11H12BrFO2. The quantitative estimate of drug-likeness (QED) is 0.917. The Balaban J connectivity index is 3.00. The van der Waals surface area contributed by atoms with Crippen LogP contribution in [0.3, 0.4) is 0 Å². The van der Waals surface area contributed by atoms with Crippen molar-refractivity contribution < 1.29 is 14.3 Å². The molecule has 0 saturated carbocycles. The van der Waals surface area contributed by atoms with Gasteiger partial charge in [0.05, 0.1) is 6.42 Å². The first-order valence-electron chi connectivity index (χ1n) is 4.59. The highest BCUT2D eigenvalue weighted by atomic mass is 79.9. The van der Waals surface area contributed by atoms with E-state index in [1.54, 1.807) is 19.9 Å². The van der Waals surface area contributed by atoms with Gasteiger partial charge in [-0.25, -0.2) is 4.39 Å². The zero-order valence-corrected chi connectivity index (χ0v) is 10.1. The first-order valence-corrected chi connectivity index (χ1v) is 5.38. The van der Waals surface area contributed by atoms with Crippen LogP contribution in [-0.4, -0.2) is 11.1 Å². The number of hydrogen-bond acceptors (Lipinski definition) is 1. The Labute approximate surface area is 96.2 Å². The summed E-state index contributed by atoms with van der Waals surface area (Å²) in [7, 11) is 0. The van der Waals surface area contributed by atoms with Gasteiger partial charge in [0, 0.05) is 4.47 Å². The summed E-state index contributed by atoms with van der Waals surface area (Å²) in [6, 6.07) is 3.17. The molecule has 0 aliphatic carbocycles. The van der Waals surface area contributed by atoms with Crippen LogP contribution in [0.4, 0.5) is 4.39 Å². The molecule has 0 aliphatic heterocycles. The molecule has 15 heavy (non-hydrogen) atoms. The van der Waals surface area contributed by atoms with E-state index in [4.69, 9.17) is 5.11 Å². The van der Waals surface area contributed by atoms with Crippen molar-refractivity contribution in [3.63, 3.8) is 0 Å². The molecule has 0 aliphatic rings. The molecule has 2 nitrogen and oxygen atoms in total. The average molecular weight is 275 g/mol. The Kier molecular flexibility index (Phi) is 3.85. The molecule has 0 aromatic heterocycles. The fourth-order valence-corrected chi connectivity index (χ4v) is 1.78. The van der Waals surface area contributed by atoms with Gasteiger partial charge in [-0.1, -0.05) is 22.9 Å². The number of halogens is 2. The van der Waals surface area contributed by atoms with Crippen molar-refractivity contribution in [2.75, 3.05) is 0 Å². The van der Waals surface area contributed by atoms with Crippen molar-refractivity contribution in [2.24, 2.45) is 0 Å². The van der Waals surface area contributed by atoms with Crippen LogP contribution >= 0.6 is 15.9 Å². The number of hydrogen-bond donors (Lipinski definition) is 1. The molecule has 0 fully saturated rings. The van der Waals surface area contributed by atoms with Crippen LogP contribution in [0.2, 0.25) is 0 Å². The van der Waals surface area contributed by atoms with Crippen molar-refractivity contribution in [1.82, 2.24) is 0 Å². The predicted octanol–water partition coefficient (Wildman–Crippen LogP) is 3.47. The van der Waals surface area contributed by atoms with Crippen LogP contribution in [-0.2, 0) is 4.79 Å². The van der Waals surface area contributed by atoms with E-state index < -0.39 is 5.97 Å². The highest BCUT2D eigenvalue weighted by Crippen LogP contribution is 2.27. The van der Waals surface area contributed by atoms with E-state index in [-0.39, 0.29) is 18.2 Å². The minimum absolute atomic E-state index is 0.00887. The maximum absolute atomic E-state index is 13.4. The van der Waals surface area contributed by atoms with Crippen molar-refractivity contribution >= 4 is 21.9 Å². The summed E-state index contributed by atoms with van der Waals surface area (Å²) in [5, 5.41) is 8.63. The van der Waals surface area contributed by atoms with Crippen molar-refractivity contribution in [1.29, 1.82) is 0 Å². The second-order valence-electron chi connectivity index (χ2n) is 3.61. The van der Waals surface area contributed by atoms with Gasteiger partial charge in [0.1, 0.15) is 5.82 Å². The van der Waals surface area contributed by atoms with Gasteiger partial charge < -0.3 is 5.11 Å². The summed E-state index contributed by atoms with van der Waals surface area (Å²) in [6.07, 6.45) is 0.00887. The Morgan fingerprint density at radius 2 is 2.20 bits per heavy atom. The lowest BCUT2D eigenvalue weighted by Crippen LogP contribution is -2.03. The normalized spacial score (nSPS) is 12.5. The summed E-state index contributed by atoms with van der Waals surface area (Å²) < 4.78 is 14.0. The van der Waals surface area contributed by atoms with E-state index in [0.29, 0.717) is 15.6 Å². The number of carbonyl (C=O) groups is 1. The number of carboxylic acids is 1. The number of benzene rings is 1. The van der Waals surface area contributed by atoms with E-state index in [9.17, 15) is 9.18 Å². The molecule has 0 bridgehead atoms. The van der Waals surface area contributed by atoms with Crippen LogP contribution in [0, 0.1) is 12.7 Å². The van der Waals surface area contributed by atoms with Gasteiger partial charge in [-0.05, 0) is 36.1 Å². The number of aliphatic carboxylic acids is 1. The summed E-state index contributed by atoms with van der Waals surface area (Å²) in [4.78, 5) is 10.5. The molecule has 0 saturated heterocycles. The first kappa shape index (κ1) is 12.2. The van der Waals surface area contributed by atoms with Crippen LogP contribution in [0.15, 0.2) is 16.6 Å². The summed E-state index contributed by atoms with van der Waals surface area (Å²) in [5.74, 6) is -1.37. The molecule has 1 rings (SSSR count). The Morgan fingerprint density at radius 1 is 1.60 bits per heavy atom. The van der Waals surface area contributed by atoms with Gasteiger partial charge in [-0.15, -0.1) is 0 Å². The molecule has 1 aromatic carbocycles. The van der Waals surface area contributed by atoms with Crippen LogP contribution in [0.5, 0.6) is 0 Å². The topological polar surface area (TPSA) is 37.3 Å². The molecule has 4 heteroatoms. The fraction of sp³-hybridized carbons (Fsp3) is 0.364. The van der Waals surface area contributed by atoms with Crippen molar-refractivity contribution in [2.45, 2.75) is 26.2 Å². The van der Waals surface area contributed by atoms with Gasteiger partial charge in [0.25, 0.3) is 0 Å². The molecule has 1 N–H and O–H groups in total. The minimum atomic E-state index is -0.875. The van der Waals surface area contributed by atoms with Gasteiger partial charge in [-0.3, -0.25) is 4.79 Å². The maximum atomic E-state index is 13.4. The summed E-state index contributed by atoms with van der Waals surface area (Å²) >= 11 is 3.24. The SMILES string of the molecule is Cc1c(F)cc(C(C)CC(=O)O)cc1Br. The second kappa shape index (κ2) is 4.75.